The summed E-state index contributed by atoms with van der Waals surface area (Å²) in [5.74, 6) is 0.385. The monoisotopic (exact) mass is 358 g/mol. The Hall–Kier alpha value is -2.38. The topological polar surface area (TPSA) is 72.2 Å². The fourth-order valence-electron chi connectivity index (χ4n) is 1.97. The van der Waals surface area contributed by atoms with E-state index in [1.165, 1.54) is 24.5 Å². The van der Waals surface area contributed by atoms with E-state index in [0.29, 0.717) is 16.6 Å². The van der Waals surface area contributed by atoms with Crippen molar-refractivity contribution in [3.63, 3.8) is 0 Å². The van der Waals surface area contributed by atoms with Gasteiger partial charge in [-0.3, -0.25) is 14.9 Å². The van der Waals surface area contributed by atoms with Gasteiger partial charge in [-0.05, 0) is 18.2 Å². The zero-order chi connectivity index (χ0) is 16.9. The van der Waals surface area contributed by atoms with E-state index in [4.69, 9.17) is 4.42 Å². The fraction of sp³-hybridized carbons (Fsp3) is 0.118. The number of thioether (sulfide) groups is 1. The maximum Gasteiger partial charge on any atom is 0.293 e. The smallest absolute Gasteiger partial charge is 0.293 e. The highest BCUT2D eigenvalue weighted by molar-refractivity contribution is 7.98. The largest absolute Gasteiger partial charge is 0.459 e. The summed E-state index contributed by atoms with van der Waals surface area (Å²) < 4.78 is 5.33. The molecule has 2 aromatic heterocycles. The second-order valence-corrected chi connectivity index (χ2v) is 6.83. The average molecular weight is 358 g/mol. The van der Waals surface area contributed by atoms with Crippen molar-refractivity contribution >= 4 is 39.9 Å². The Morgan fingerprint density at radius 1 is 1.25 bits per heavy atom. The molecule has 24 heavy (non-hydrogen) atoms. The van der Waals surface area contributed by atoms with Crippen LogP contribution in [0, 0.1) is 0 Å². The second-order valence-electron chi connectivity index (χ2n) is 4.92. The quantitative estimate of drug-likeness (QED) is 0.519. The number of aromatic nitrogens is 1. The summed E-state index contributed by atoms with van der Waals surface area (Å²) in [6.07, 6.45) is 1.50. The number of ketones is 1. The third kappa shape index (κ3) is 3.93. The molecular weight excluding hydrogens is 344 g/mol. The van der Waals surface area contributed by atoms with Gasteiger partial charge in [-0.1, -0.05) is 18.2 Å². The first kappa shape index (κ1) is 16.5. The Morgan fingerprint density at radius 3 is 2.75 bits per heavy atom. The second kappa shape index (κ2) is 7.46. The molecule has 0 saturated carbocycles. The van der Waals surface area contributed by atoms with E-state index in [9.17, 15) is 9.59 Å². The molecule has 1 aromatic carbocycles. The molecule has 0 aliphatic rings. The minimum atomic E-state index is -0.367. The van der Waals surface area contributed by atoms with Crippen LogP contribution in [0.1, 0.15) is 33.5 Å². The maximum atomic E-state index is 12.4. The van der Waals surface area contributed by atoms with Gasteiger partial charge in [-0.25, -0.2) is 4.98 Å². The summed E-state index contributed by atoms with van der Waals surface area (Å²) in [7, 11) is 0. The lowest BCUT2D eigenvalue weighted by Gasteiger charge is -2.03. The molecule has 0 radical (unpaired) electrons. The van der Waals surface area contributed by atoms with Gasteiger partial charge in [-0.15, -0.1) is 23.1 Å². The third-order valence-corrected chi connectivity index (χ3v) is 4.99. The number of nitrogens with zero attached hydrogens (tertiary/aromatic N) is 1. The number of furan rings is 1. The molecule has 0 unspecified atom stereocenters. The van der Waals surface area contributed by atoms with E-state index in [1.807, 2.05) is 30.3 Å². The zero-order valence-corrected chi connectivity index (χ0v) is 14.4. The first-order chi connectivity index (χ1) is 11.6. The van der Waals surface area contributed by atoms with Gasteiger partial charge in [-0.2, -0.15) is 0 Å². The van der Waals surface area contributed by atoms with E-state index in [2.05, 4.69) is 10.3 Å². The van der Waals surface area contributed by atoms with E-state index >= 15 is 0 Å². The Labute approximate surface area is 147 Å². The lowest BCUT2D eigenvalue weighted by Crippen LogP contribution is -2.12. The highest BCUT2D eigenvalue weighted by Crippen LogP contribution is 2.25. The van der Waals surface area contributed by atoms with E-state index in [0.717, 1.165) is 10.5 Å². The van der Waals surface area contributed by atoms with Gasteiger partial charge in [0, 0.05) is 28.5 Å². The first-order valence-electron chi connectivity index (χ1n) is 7.15. The molecular formula is C17H14N2O3S2. The fourth-order valence-corrected chi connectivity index (χ4v) is 3.62. The minimum Gasteiger partial charge on any atom is -0.459 e. The molecule has 0 saturated heterocycles. The minimum absolute atomic E-state index is 0.135. The standard InChI is InChI=1S/C17H14N2O3S2/c1-11(20)14-10-24-17(18-14)19-16(21)15-12(7-8-22-15)9-23-13-5-3-2-4-6-13/h2-8,10H,9H2,1H3,(H,18,19,21). The van der Waals surface area contributed by atoms with Gasteiger partial charge in [0.15, 0.2) is 16.7 Å². The molecule has 0 atom stereocenters. The van der Waals surface area contributed by atoms with Crippen molar-refractivity contribution in [3.05, 3.63) is 65.1 Å². The number of rotatable bonds is 6. The summed E-state index contributed by atoms with van der Waals surface area (Å²) in [5, 5.41) is 4.67. The Balaban J connectivity index is 1.67. The van der Waals surface area contributed by atoms with Gasteiger partial charge < -0.3 is 4.42 Å². The van der Waals surface area contributed by atoms with Crippen molar-refractivity contribution in [1.29, 1.82) is 0 Å². The molecule has 0 aliphatic carbocycles. The van der Waals surface area contributed by atoms with Crippen LogP contribution in [0.25, 0.3) is 0 Å². The summed E-state index contributed by atoms with van der Waals surface area (Å²) >= 11 is 2.84. The van der Waals surface area contributed by atoms with Crippen LogP contribution in [-0.2, 0) is 5.75 Å². The lowest BCUT2D eigenvalue weighted by molar-refractivity contribution is 0.0989. The summed E-state index contributed by atoms with van der Waals surface area (Å²) in [6.45, 7) is 1.44. The van der Waals surface area contributed by atoms with Crippen LogP contribution in [0.15, 0.2) is 57.4 Å². The van der Waals surface area contributed by atoms with Crippen molar-refractivity contribution in [2.24, 2.45) is 0 Å². The molecule has 3 rings (SSSR count). The molecule has 7 heteroatoms. The Bertz CT molecular complexity index is 856. The van der Waals surface area contributed by atoms with Gasteiger partial charge in [0.1, 0.15) is 5.69 Å². The molecule has 122 valence electrons. The van der Waals surface area contributed by atoms with Crippen molar-refractivity contribution in [1.82, 2.24) is 4.98 Å². The number of hydrogen-bond acceptors (Lipinski definition) is 6. The number of thiazole rings is 1. The summed E-state index contributed by atoms with van der Waals surface area (Å²) in [5.41, 5.74) is 1.15. The highest BCUT2D eigenvalue weighted by Gasteiger charge is 2.17. The van der Waals surface area contributed by atoms with Gasteiger partial charge in [0.25, 0.3) is 5.91 Å². The predicted molar refractivity (Wildman–Crippen MR) is 94.8 cm³/mol. The predicted octanol–water partition coefficient (Wildman–Crippen LogP) is 4.48. The van der Waals surface area contributed by atoms with Crippen molar-refractivity contribution in [2.45, 2.75) is 17.6 Å². The number of carbonyl (C=O) groups excluding carboxylic acids is 2. The van der Waals surface area contributed by atoms with Crippen molar-refractivity contribution in [2.75, 3.05) is 5.32 Å². The highest BCUT2D eigenvalue weighted by atomic mass is 32.2. The van der Waals surface area contributed by atoms with E-state index < -0.39 is 0 Å². The molecule has 5 nitrogen and oxygen atoms in total. The number of carbonyl (C=O) groups is 2. The number of hydrogen-bond donors (Lipinski definition) is 1. The normalized spacial score (nSPS) is 10.5. The Morgan fingerprint density at radius 2 is 2.04 bits per heavy atom. The van der Waals surface area contributed by atoms with E-state index in [1.54, 1.807) is 23.2 Å². The van der Waals surface area contributed by atoms with Crippen LogP contribution in [0.5, 0.6) is 0 Å². The molecule has 0 spiro atoms. The number of anilines is 1. The van der Waals surface area contributed by atoms with E-state index in [-0.39, 0.29) is 17.5 Å². The molecule has 1 amide bonds. The van der Waals surface area contributed by atoms with Crippen LogP contribution in [0.2, 0.25) is 0 Å². The Kier molecular flexibility index (Phi) is 5.12. The van der Waals surface area contributed by atoms with Crippen LogP contribution in [0.3, 0.4) is 0 Å². The summed E-state index contributed by atoms with van der Waals surface area (Å²) in [6, 6.07) is 11.7. The molecule has 0 fully saturated rings. The average Bonchev–Trinajstić information content (AvgIpc) is 3.23. The van der Waals surface area contributed by atoms with Crippen LogP contribution in [-0.4, -0.2) is 16.7 Å². The lowest BCUT2D eigenvalue weighted by atomic mass is 10.3. The first-order valence-corrected chi connectivity index (χ1v) is 9.02. The molecule has 0 bridgehead atoms. The summed E-state index contributed by atoms with van der Waals surface area (Å²) in [4.78, 5) is 28.8. The van der Waals surface area contributed by atoms with Crippen LogP contribution in [0.4, 0.5) is 5.13 Å². The van der Waals surface area contributed by atoms with Gasteiger partial charge in [0.2, 0.25) is 0 Å². The number of Topliss-reactive ketones (excluding diaryl/α,β-unsaturated/α-hetero) is 1. The SMILES string of the molecule is CC(=O)c1csc(NC(=O)c2occc2CSc2ccccc2)n1. The van der Waals surface area contributed by atoms with Crippen molar-refractivity contribution in [3.8, 4) is 0 Å². The zero-order valence-electron chi connectivity index (χ0n) is 12.8. The van der Waals surface area contributed by atoms with Crippen molar-refractivity contribution < 1.29 is 14.0 Å². The molecule has 1 N–H and O–H groups in total. The third-order valence-electron chi connectivity index (χ3n) is 3.18. The molecule has 2 heterocycles. The number of amides is 1. The maximum absolute atomic E-state index is 12.4. The molecule has 3 aromatic rings. The number of nitrogens with one attached hydrogen (secondary N) is 1. The van der Waals surface area contributed by atoms with Crippen LogP contribution < -0.4 is 5.32 Å². The van der Waals surface area contributed by atoms with Crippen LogP contribution >= 0.6 is 23.1 Å². The van der Waals surface area contributed by atoms with Gasteiger partial charge >= 0.3 is 0 Å². The van der Waals surface area contributed by atoms with Gasteiger partial charge in [0.05, 0.1) is 6.26 Å². The molecule has 0 aliphatic heterocycles. The number of benzene rings is 1.